The van der Waals surface area contributed by atoms with Crippen molar-refractivity contribution in [1.29, 1.82) is 0 Å². The lowest BCUT2D eigenvalue weighted by Gasteiger charge is -2.10. The zero-order chi connectivity index (χ0) is 13.1. The highest BCUT2D eigenvalue weighted by atomic mass is 35.5. The molecular formula is C13H12ClNOS2. The topological polar surface area (TPSA) is 35.2 Å². The highest BCUT2D eigenvalue weighted by Crippen LogP contribution is 2.26. The molecule has 2 nitrogen and oxygen atoms in total. The molecule has 1 aromatic heterocycles. The predicted octanol–water partition coefficient (Wildman–Crippen LogP) is 3.92. The summed E-state index contributed by atoms with van der Waals surface area (Å²) in [6.07, 6.45) is 0. The predicted molar refractivity (Wildman–Crippen MR) is 80.7 cm³/mol. The Labute approximate surface area is 120 Å². The van der Waals surface area contributed by atoms with Crippen molar-refractivity contribution in [2.45, 2.75) is 13.5 Å². The summed E-state index contributed by atoms with van der Waals surface area (Å²) >= 11 is 12.5. The molecular weight excluding hydrogens is 286 g/mol. The van der Waals surface area contributed by atoms with E-state index in [2.05, 4.69) is 0 Å². The molecule has 0 saturated carbocycles. The van der Waals surface area contributed by atoms with E-state index in [4.69, 9.17) is 34.3 Å². The number of halogens is 1. The van der Waals surface area contributed by atoms with Gasteiger partial charge in [0.05, 0.1) is 9.90 Å². The highest BCUT2D eigenvalue weighted by Gasteiger charge is 2.06. The maximum absolute atomic E-state index is 6.02. The lowest BCUT2D eigenvalue weighted by Crippen LogP contribution is -2.09. The minimum atomic E-state index is 0.369. The fourth-order valence-corrected chi connectivity index (χ4v) is 2.61. The average molecular weight is 298 g/mol. The summed E-state index contributed by atoms with van der Waals surface area (Å²) in [5, 5.41) is 2.68. The Morgan fingerprint density at radius 1 is 1.44 bits per heavy atom. The van der Waals surface area contributed by atoms with Crippen molar-refractivity contribution in [3.8, 4) is 5.75 Å². The zero-order valence-electron chi connectivity index (χ0n) is 9.77. The molecule has 18 heavy (non-hydrogen) atoms. The molecule has 1 aromatic carbocycles. The second-order valence-corrected chi connectivity index (χ2v) is 5.67. The van der Waals surface area contributed by atoms with Crippen LogP contribution in [-0.2, 0) is 6.61 Å². The maximum Gasteiger partial charge on any atom is 0.124 e. The van der Waals surface area contributed by atoms with Crippen LogP contribution in [0, 0.1) is 6.92 Å². The quantitative estimate of drug-likeness (QED) is 0.869. The van der Waals surface area contributed by atoms with Gasteiger partial charge in [-0.1, -0.05) is 36.0 Å². The van der Waals surface area contributed by atoms with Gasteiger partial charge in [-0.05, 0) is 30.0 Å². The van der Waals surface area contributed by atoms with E-state index in [0.717, 1.165) is 26.8 Å². The fourth-order valence-electron chi connectivity index (χ4n) is 1.48. The number of thiocarbonyl (C=S) groups is 1. The summed E-state index contributed by atoms with van der Waals surface area (Å²) in [5.74, 6) is 0.782. The van der Waals surface area contributed by atoms with Gasteiger partial charge in [0, 0.05) is 5.56 Å². The van der Waals surface area contributed by atoms with Gasteiger partial charge >= 0.3 is 0 Å². The van der Waals surface area contributed by atoms with Crippen molar-refractivity contribution >= 4 is 40.1 Å². The Hall–Kier alpha value is -1.10. The van der Waals surface area contributed by atoms with Gasteiger partial charge in [0.25, 0.3) is 0 Å². The van der Waals surface area contributed by atoms with Gasteiger partial charge in [-0.2, -0.15) is 0 Å². The zero-order valence-corrected chi connectivity index (χ0v) is 12.2. The standard InChI is InChI=1S/C13H12ClNOS2/c1-8-2-3-9(13(15)17)6-11(8)16-7-12-10(14)4-5-18-12/h2-6H,7H2,1H3,(H2,15,17). The summed E-state index contributed by atoms with van der Waals surface area (Å²) in [6.45, 7) is 2.44. The van der Waals surface area contributed by atoms with E-state index in [1.165, 1.54) is 0 Å². The fraction of sp³-hybridized carbons (Fsp3) is 0.154. The molecule has 0 atom stereocenters. The lowest BCUT2D eigenvalue weighted by atomic mass is 10.1. The molecule has 0 aliphatic rings. The number of hydrogen-bond donors (Lipinski definition) is 1. The molecule has 0 aliphatic heterocycles. The molecule has 2 aromatic rings. The van der Waals surface area contributed by atoms with Crippen LogP contribution in [0.15, 0.2) is 29.6 Å². The summed E-state index contributed by atoms with van der Waals surface area (Å²) in [7, 11) is 0. The van der Waals surface area contributed by atoms with Crippen molar-refractivity contribution in [2.24, 2.45) is 5.73 Å². The third kappa shape index (κ3) is 3.02. The molecule has 94 valence electrons. The summed E-state index contributed by atoms with van der Waals surface area (Å²) in [4.78, 5) is 1.38. The number of hydrogen-bond acceptors (Lipinski definition) is 3. The van der Waals surface area contributed by atoms with E-state index in [1.807, 2.05) is 36.6 Å². The molecule has 2 N–H and O–H groups in total. The number of aryl methyl sites for hydroxylation is 1. The molecule has 1 heterocycles. The van der Waals surface area contributed by atoms with Gasteiger partial charge in [0.2, 0.25) is 0 Å². The van der Waals surface area contributed by atoms with Crippen molar-refractivity contribution < 1.29 is 4.74 Å². The molecule has 5 heteroatoms. The van der Waals surface area contributed by atoms with E-state index in [0.29, 0.717) is 11.6 Å². The number of benzene rings is 1. The van der Waals surface area contributed by atoms with Gasteiger partial charge in [-0.15, -0.1) is 11.3 Å². The molecule has 0 saturated heterocycles. The van der Waals surface area contributed by atoms with Gasteiger partial charge < -0.3 is 10.5 Å². The van der Waals surface area contributed by atoms with Crippen LogP contribution in [0.1, 0.15) is 16.0 Å². The Balaban J connectivity index is 2.16. The molecule has 2 rings (SSSR count). The van der Waals surface area contributed by atoms with Crippen LogP contribution in [-0.4, -0.2) is 4.99 Å². The van der Waals surface area contributed by atoms with Crippen molar-refractivity contribution in [1.82, 2.24) is 0 Å². The maximum atomic E-state index is 6.02. The summed E-state index contributed by atoms with van der Waals surface area (Å²) in [5.41, 5.74) is 7.46. The van der Waals surface area contributed by atoms with Crippen molar-refractivity contribution in [2.75, 3.05) is 0 Å². The Bertz CT molecular complexity index is 580. The first-order chi connectivity index (χ1) is 8.58. The minimum absolute atomic E-state index is 0.369. The lowest BCUT2D eigenvalue weighted by molar-refractivity contribution is 0.307. The molecule has 0 unspecified atom stereocenters. The van der Waals surface area contributed by atoms with E-state index in [-0.39, 0.29) is 0 Å². The van der Waals surface area contributed by atoms with E-state index < -0.39 is 0 Å². The van der Waals surface area contributed by atoms with Gasteiger partial charge in [0.1, 0.15) is 17.3 Å². The van der Waals surface area contributed by atoms with Crippen LogP contribution in [0.5, 0.6) is 5.75 Å². The van der Waals surface area contributed by atoms with Gasteiger partial charge in [0.15, 0.2) is 0 Å². The van der Waals surface area contributed by atoms with E-state index >= 15 is 0 Å². The van der Waals surface area contributed by atoms with Crippen LogP contribution < -0.4 is 10.5 Å². The monoisotopic (exact) mass is 297 g/mol. The second kappa shape index (κ2) is 5.69. The van der Waals surface area contributed by atoms with Gasteiger partial charge in [-0.3, -0.25) is 0 Å². The van der Waals surface area contributed by atoms with Crippen LogP contribution in [0.3, 0.4) is 0 Å². The van der Waals surface area contributed by atoms with Crippen LogP contribution in [0.2, 0.25) is 5.02 Å². The highest BCUT2D eigenvalue weighted by molar-refractivity contribution is 7.80. The smallest absolute Gasteiger partial charge is 0.124 e. The van der Waals surface area contributed by atoms with E-state index in [1.54, 1.807) is 11.3 Å². The summed E-state index contributed by atoms with van der Waals surface area (Å²) in [6, 6.07) is 7.56. The van der Waals surface area contributed by atoms with Crippen LogP contribution >= 0.6 is 35.2 Å². The first kappa shape index (κ1) is 13.3. The number of nitrogens with two attached hydrogens (primary N) is 1. The van der Waals surface area contributed by atoms with Crippen LogP contribution in [0.4, 0.5) is 0 Å². The molecule has 0 spiro atoms. The SMILES string of the molecule is Cc1ccc(C(N)=S)cc1OCc1sccc1Cl. The average Bonchev–Trinajstić information content (AvgIpc) is 2.73. The largest absolute Gasteiger partial charge is 0.488 e. The number of rotatable bonds is 4. The first-order valence-corrected chi connectivity index (χ1v) is 6.99. The normalized spacial score (nSPS) is 10.3. The Morgan fingerprint density at radius 3 is 2.83 bits per heavy atom. The third-order valence-electron chi connectivity index (χ3n) is 2.52. The Kier molecular flexibility index (Phi) is 4.22. The number of thiophene rings is 1. The third-order valence-corrected chi connectivity index (χ3v) is 4.12. The molecule has 0 radical (unpaired) electrons. The van der Waals surface area contributed by atoms with Crippen molar-refractivity contribution in [3.63, 3.8) is 0 Å². The first-order valence-electron chi connectivity index (χ1n) is 5.33. The Morgan fingerprint density at radius 2 is 2.22 bits per heavy atom. The van der Waals surface area contributed by atoms with Gasteiger partial charge in [-0.25, -0.2) is 0 Å². The molecule has 0 bridgehead atoms. The summed E-state index contributed by atoms with van der Waals surface area (Å²) < 4.78 is 5.76. The number of ether oxygens (including phenoxy) is 1. The van der Waals surface area contributed by atoms with Crippen LogP contribution in [0.25, 0.3) is 0 Å². The second-order valence-electron chi connectivity index (χ2n) is 3.82. The van der Waals surface area contributed by atoms with Crippen molar-refractivity contribution in [3.05, 3.63) is 50.7 Å². The molecule has 0 fully saturated rings. The molecule has 0 aliphatic carbocycles. The molecule has 0 amide bonds. The minimum Gasteiger partial charge on any atom is -0.488 e. The van der Waals surface area contributed by atoms with E-state index in [9.17, 15) is 0 Å².